The van der Waals surface area contributed by atoms with Gasteiger partial charge in [-0.3, -0.25) is 9.10 Å². The number of hydrogen-bond acceptors (Lipinski definition) is 4. The Kier molecular flexibility index (Phi) is 6.70. The van der Waals surface area contributed by atoms with Crippen LogP contribution in [0.25, 0.3) is 0 Å². The zero-order chi connectivity index (χ0) is 18.4. The number of nitrogens with one attached hydrogen (secondary N) is 1. The van der Waals surface area contributed by atoms with E-state index >= 15 is 0 Å². The van der Waals surface area contributed by atoms with Crippen molar-refractivity contribution in [2.24, 2.45) is 5.92 Å². The van der Waals surface area contributed by atoms with Gasteiger partial charge >= 0.3 is 0 Å². The van der Waals surface area contributed by atoms with Crippen molar-refractivity contribution in [3.8, 4) is 0 Å². The van der Waals surface area contributed by atoms with Crippen LogP contribution in [0.3, 0.4) is 0 Å². The van der Waals surface area contributed by atoms with Crippen LogP contribution in [0.15, 0.2) is 24.3 Å². The summed E-state index contributed by atoms with van der Waals surface area (Å²) in [5.74, 6) is 0.208. The summed E-state index contributed by atoms with van der Waals surface area (Å²) in [6.45, 7) is 6.59. The molecule has 1 aliphatic heterocycles. The fraction of sp³-hybridized carbons (Fsp3) is 0.611. The van der Waals surface area contributed by atoms with E-state index in [1.165, 1.54) is 12.8 Å². The van der Waals surface area contributed by atoms with E-state index in [4.69, 9.17) is 0 Å². The monoisotopic (exact) mass is 367 g/mol. The molecular weight excluding hydrogens is 338 g/mol. The molecule has 25 heavy (non-hydrogen) atoms. The Labute approximate surface area is 151 Å². The molecule has 0 saturated carbocycles. The molecule has 1 fully saturated rings. The number of benzene rings is 1. The number of anilines is 2. The summed E-state index contributed by atoms with van der Waals surface area (Å²) in [5.41, 5.74) is 1.61. The maximum Gasteiger partial charge on any atom is 0.240 e. The maximum absolute atomic E-state index is 12.1. The third kappa shape index (κ3) is 5.92. The Morgan fingerprint density at radius 2 is 1.80 bits per heavy atom. The van der Waals surface area contributed by atoms with Crippen LogP contribution in [-0.2, 0) is 14.8 Å². The highest BCUT2D eigenvalue weighted by molar-refractivity contribution is 7.92. The first-order valence-electron chi connectivity index (χ1n) is 8.87. The van der Waals surface area contributed by atoms with Gasteiger partial charge in [0.15, 0.2) is 0 Å². The molecule has 1 amide bonds. The molecule has 0 aliphatic carbocycles. The number of carbonyl (C=O) groups is 1. The topological polar surface area (TPSA) is 69.7 Å². The van der Waals surface area contributed by atoms with Crippen LogP contribution in [0.4, 0.5) is 11.4 Å². The molecule has 0 atom stereocenters. The van der Waals surface area contributed by atoms with Crippen molar-refractivity contribution in [3.05, 3.63) is 24.3 Å². The van der Waals surface area contributed by atoms with E-state index in [1.807, 2.05) is 12.1 Å². The fourth-order valence-electron chi connectivity index (χ4n) is 2.89. The highest BCUT2D eigenvalue weighted by Crippen LogP contribution is 2.25. The first-order chi connectivity index (χ1) is 11.8. The van der Waals surface area contributed by atoms with Gasteiger partial charge in [-0.1, -0.05) is 13.8 Å². The molecule has 1 aromatic carbocycles. The molecule has 1 heterocycles. The highest BCUT2D eigenvalue weighted by atomic mass is 32.2. The van der Waals surface area contributed by atoms with E-state index in [1.54, 1.807) is 12.1 Å². The molecule has 1 N–H and O–H groups in total. The normalized spacial score (nSPS) is 14.8. The van der Waals surface area contributed by atoms with Crippen LogP contribution in [0.2, 0.25) is 0 Å². The summed E-state index contributed by atoms with van der Waals surface area (Å²) in [4.78, 5) is 14.4. The lowest BCUT2D eigenvalue weighted by Crippen LogP contribution is -2.40. The number of rotatable bonds is 8. The van der Waals surface area contributed by atoms with E-state index in [9.17, 15) is 13.2 Å². The molecule has 1 aromatic rings. The summed E-state index contributed by atoms with van der Waals surface area (Å²) in [5, 5.41) is 2.79. The van der Waals surface area contributed by atoms with E-state index < -0.39 is 10.0 Å². The second-order valence-electron chi connectivity index (χ2n) is 7.01. The Morgan fingerprint density at radius 1 is 1.20 bits per heavy atom. The number of nitrogens with zero attached hydrogens (tertiary/aromatic N) is 2. The molecule has 0 unspecified atom stereocenters. The van der Waals surface area contributed by atoms with Crippen LogP contribution in [0.5, 0.6) is 0 Å². The Balaban J connectivity index is 2.05. The van der Waals surface area contributed by atoms with Gasteiger partial charge in [0, 0.05) is 25.3 Å². The van der Waals surface area contributed by atoms with E-state index in [0.717, 1.165) is 35.8 Å². The molecule has 6 nitrogen and oxygen atoms in total. The van der Waals surface area contributed by atoms with Crippen molar-refractivity contribution in [1.82, 2.24) is 5.32 Å². The van der Waals surface area contributed by atoms with Crippen LogP contribution in [0, 0.1) is 5.92 Å². The Morgan fingerprint density at radius 3 is 2.32 bits per heavy atom. The first-order valence-corrected chi connectivity index (χ1v) is 10.7. The third-order valence-corrected chi connectivity index (χ3v) is 5.48. The summed E-state index contributed by atoms with van der Waals surface area (Å²) in [6, 6.07) is 7.40. The van der Waals surface area contributed by atoms with Crippen molar-refractivity contribution in [3.63, 3.8) is 0 Å². The van der Waals surface area contributed by atoms with Gasteiger partial charge in [0.25, 0.3) is 0 Å². The quantitative estimate of drug-likeness (QED) is 0.765. The molecular formula is C18H29N3O3S. The van der Waals surface area contributed by atoms with E-state index in [-0.39, 0.29) is 12.5 Å². The summed E-state index contributed by atoms with van der Waals surface area (Å²) in [6.07, 6.45) is 4.37. The van der Waals surface area contributed by atoms with Gasteiger partial charge in [-0.2, -0.15) is 0 Å². The molecule has 7 heteroatoms. The Hall–Kier alpha value is -1.76. The second-order valence-corrected chi connectivity index (χ2v) is 8.92. The first kappa shape index (κ1) is 19.6. The van der Waals surface area contributed by atoms with Crippen LogP contribution >= 0.6 is 0 Å². The molecule has 0 bridgehead atoms. The lowest BCUT2D eigenvalue weighted by atomic mass is 10.1. The van der Waals surface area contributed by atoms with Gasteiger partial charge in [0.2, 0.25) is 15.9 Å². The van der Waals surface area contributed by atoms with Crippen molar-refractivity contribution < 1.29 is 13.2 Å². The minimum atomic E-state index is -3.53. The third-order valence-electron chi connectivity index (χ3n) is 4.34. The molecule has 0 radical (unpaired) electrons. The lowest BCUT2D eigenvalue weighted by Gasteiger charge is -2.23. The number of carbonyl (C=O) groups excluding carboxylic acids is 1. The minimum Gasteiger partial charge on any atom is -0.372 e. The zero-order valence-electron chi connectivity index (χ0n) is 15.4. The molecule has 0 spiro atoms. The smallest absolute Gasteiger partial charge is 0.240 e. The molecule has 1 aliphatic rings. The SMILES string of the molecule is CC(C)CCNC(=O)CN(c1ccc(N2CCCC2)cc1)S(C)(=O)=O. The average Bonchev–Trinajstić information content (AvgIpc) is 3.06. The highest BCUT2D eigenvalue weighted by Gasteiger charge is 2.21. The van der Waals surface area contributed by atoms with Gasteiger partial charge in [-0.25, -0.2) is 8.42 Å². The molecule has 1 saturated heterocycles. The van der Waals surface area contributed by atoms with Gasteiger partial charge < -0.3 is 10.2 Å². The lowest BCUT2D eigenvalue weighted by molar-refractivity contribution is -0.119. The second kappa shape index (κ2) is 8.56. The maximum atomic E-state index is 12.1. The van der Waals surface area contributed by atoms with Crippen LogP contribution in [-0.4, -0.2) is 46.8 Å². The number of sulfonamides is 1. The molecule has 0 aromatic heterocycles. The predicted octanol–water partition coefficient (Wildman–Crippen LogP) is 2.22. The van der Waals surface area contributed by atoms with Crippen LogP contribution < -0.4 is 14.5 Å². The fourth-order valence-corrected chi connectivity index (χ4v) is 3.75. The van der Waals surface area contributed by atoms with Gasteiger partial charge in [0.05, 0.1) is 11.9 Å². The van der Waals surface area contributed by atoms with Crippen molar-refractivity contribution in [1.29, 1.82) is 0 Å². The number of amides is 1. The van der Waals surface area contributed by atoms with E-state index in [0.29, 0.717) is 18.2 Å². The summed E-state index contributed by atoms with van der Waals surface area (Å²) < 4.78 is 25.4. The van der Waals surface area contributed by atoms with Crippen molar-refractivity contribution in [2.75, 3.05) is 41.6 Å². The standard InChI is InChI=1S/C18H29N3O3S/c1-15(2)10-11-19-18(22)14-21(25(3,23)24)17-8-6-16(7-9-17)20-12-4-5-13-20/h6-9,15H,4-5,10-14H2,1-3H3,(H,19,22). The van der Waals surface area contributed by atoms with Gasteiger partial charge in [-0.05, 0) is 49.4 Å². The largest absolute Gasteiger partial charge is 0.372 e. The molecule has 2 rings (SSSR count). The van der Waals surface area contributed by atoms with E-state index in [2.05, 4.69) is 24.1 Å². The molecule has 140 valence electrons. The van der Waals surface area contributed by atoms with Crippen molar-refractivity contribution >= 4 is 27.3 Å². The van der Waals surface area contributed by atoms with Gasteiger partial charge in [-0.15, -0.1) is 0 Å². The zero-order valence-corrected chi connectivity index (χ0v) is 16.2. The predicted molar refractivity (Wildman–Crippen MR) is 103 cm³/mol. The summed E-state index contributed by atoms with van der Waals surface area (Å²) in [7, 11) is -3.53. The minimum absolute atomic E-state index is 0.194. The Bertz CT molecular complexity index is 665. The van der Waals surface area contributed by atoms with Gasteiger partial charge in [0.1, 0.15) is 6.54 Å². The number of hydrogen-bond donors (Lipinski definition) is 1. The van der Waals surface area contributed by atoms with Crippen molar-refractivity contribution in [2.45, 2.75) is 33.1 Å². The average molecular weight is 368 g/mol. The summed E-state index contributed by atoms with van der Waals surface area (Å²) >= 11 is 0. The van der Waals surface area contributed by atoms with Crippen LogP contribution in [0.1, 0.15) is 33.1 Å².